The van der Waals surface area contributed by atoms with E-state index in [0.29, 0.717) is 16.9 Å². The average molecular weight is 417 g/mol. The van der Waals surface area contributed by atoms with Gasteiger partial charge in [0, 0.05) is 29.6 Å². The Bertz CT molecular complexity index is 957. The number of methoxy groups -OCH3 is 1. The lowest BCUT2D eigenvalue weighted by Gasteiger charge is -2.15. The summed E-state index contributed by atoms with van der Waals surface area (Å²) in [5.74, 6) is -0.385. The summed E-state index contributed by atoms with van der Waals surface area (Å²) in [6, 6.07) is 10.4. The number of furan rings is 1. The van der Waals surface area contributed by atoms with Gasteiger partial charge in [-0.3, -0.25) is 4.79 Å². The molecule has 2 heterocycles. The number of benzene rings is 1. The zero-order valence-corrected chi connectivity index (χ0v) is 15.6. The molecule has 0 bridgehead atoms. The number of halogens is 1. The predicted molar refractivity (Wildman–Crippen MR) is 101 cm³/mol. The van der Waals surface area contributed by atoms with Gasteiger partial charge < -0.3 is 19.5 Å². The number of para-hydroxylation sites is 1. The van der Waals surface area contributed by atoms with E-state index in [1.807, 2.05) is 30.5 Å². The number of aromatic nitrogens is 1. The van der Waals surface area contributed by atoms with Crippen LogP contribution in [0.1, 0.15) is 11.3 Å². The molecule has 1 atom stereocenters. The monoisotopic (exact) mass is 416 g/mol. The van der Waals surface area contributed by atoms with Crippen molar-refractivity contribution < 1.29 is 18.7 Å². The van der Waals surface area contributed by atoms with E-state index in [9.17, 15) is 9.59 Å². The van der Waals surface area contributed by atoms with Crippen molar-refractivity contribution in [2.24, 2.45) is 0 Å². The number of hydrogen-bond acceptors (Lipinski definition) is 4. The molecule has 3 rings (SSSR count). The van der Waals surface area contributed by atoms with E-state index in [1.165, 1.54) is 19.3 Å². The summed E-state index contributed by atoms with van der Waals surface area (Å²) in [5, 5.41) is 3.69. The molecule has 0 aliphatic heterocycles. The fraction of sp³-hybridized carbons (Fsp3) is 0.158. The van der Waals surface area contributed by atoms with Crippen molar-refractivity contribution in [3.63, 3.8) is 0 Å². The third-order valence-electron chi connectivity index (χ3n) is 3.89. The molecule has 0 radical (unpaired) electrons. The average Bonchev–Trinajstić information content (AvgIpc) is 3.25. The standard InChI is InChI=1S/C19H17BrN2O4/c1-25-19(24)16(10-12-11-21-15-5-3-2-4-14(12)15)22-18(23)9-7-13-6-8-17(20)26-13/h2-9,11,16,21H,10H2,1H3,(H,22,23). The van der Waals surface area contributed by atoms with Crippen LogP contribution in [0.25, 0.3) is 17.0 Å². The minimum Gasteiger partial charge on any atom is -0.467 e. The van der Waals surface area contributed by atoms with E-state index >= 15 is 0 Å². The van der Waals surface area contributed by atoms with Crippen molar-refractivity contribution in [1.29, 1.82) is 0 Å². The van der Waals surface area contributed by atoms with Gasteiger partial charge in [-0.15, -0.1) is 0 Å². The number of rotatable bonds is 6. The summed E-state index contributed by atoms with van der Waals surface area (Å²) < 4.78 is 10.7. The smallest absolute Gasteiger partial charge is 0.328 e. The lowest BCUT2D eigenvalue weighted by molar-refractivity contribution is -0.144. The van der Waals surface area contributed by atoms with Gasteiger partial charge in [-0.25, -0.2) is 4.79 Å². The van der Waals surface area contributed by atoms with E-state index < -0.39 is 17.9 Å². The molecule has 1 unspecified atom stereocenters. The Hall–Kier alpha value is -2.80. The van der Waals surface area contributed by atoms with Gasteiger partial charge in [0.05, 0.1) is 7.11 Å². The quantitative estimate of drug-likeness (QED) is 0.476. The van der Waals surface area contributed by atoms with E-state index in [1.54, 1.807) is 12.1 Å². The number of amides is 1. The predicted octanol–water partition coefficient (Wildman–Crippen LogP) is 3.44. The molecule has 0 saturated heterocycles. The highest BCUT2D eigenvalue weighted by atomic mass is 79.9. The maximum atomic E-state index is 12.2. The molecule has 0 aliphatic rings. The molecule has 1 aromatic carbocycles. The molecular formula is C19H17BrN2O4. The van der Waals surface area contributed by atoms with E-state index in [-0.39, 0.29) is 0 Å². The maximum Gasteiger partial charge on any atom is 0.328 e. The van der Waals surface area contributed by atoms with Gasteiger partial charge >= 0.3 is 5.97 Å². The number of ether oxygens (including phenoxy) is 1. The summed E-state index contributed by atoms with van der Waals surface area (Å²) in [4.78, 5) is 27.4. The summed E-state index contributed by atoms with van der Waals surface area (Å²) in [5.41, 5.74) is 1.90. The molecular weight excluding hydrogens is 400 g/mol. The zero-order chi connectivity index (χ0) is 18.5. The number of esters is 1. The molecule has 0 saturated carbocycles. The SMILES string of the molecule is COC(=O)C(Cc1c[nH]c2ccccc12)NC(=O)C=Cc1ccc(Br)o1. The first-order valence-corrected chi connectivity index (χ1v) is 8.73. The van der Waals surface area contributed by atoms with Crippen LogP contribution in [0, 0.1) is 0 Å². The number of nitrogens with one attached hydrogen (secondary N) is 2. The van der Waals surface area contributed by atoms with Crippen LogP contribution >= 0.6 is 15.9 Å². The summed E-state index contributed by atoms with van der Waals surface area (Å²) >= 11 is 3.20. The number of carbonyl (C=O) groups excluding carboxylic acids is 2. The van der Waals surface area contributed by atoms with Gasteiger partial charge in [0.25, 0.3) is 0 Å². The Morgan fingerprint density at radius 3 is 2.85 bits per heavy atom. The van der Waals surface area contributed by atoms with Crippen molar-refractivity contribution in [1.82, 2.24) is 10.3 Å². The van der Waals surface area contributed by atoms with Crippen LogP contribution in [-0.2, 0) is 20.7 Å². The van der Waals surface area contributed by atoms with E-state index in [2.05, 4.69) is 26.2 Å². The third-order valence-corrected chi connectivity index (χ3v) is 4.32. The molecule has 7 heteroatoms. The minimum absolute atomic E-state index is 0.322. The van der Waals surface area contributed by atoms with Gasteiger partial charge in [-0.2, -0.15) is 0 Å². The summed E-state index contributed by atoms with van der Waals surface area (Å²) in [7, 11) is 1.30. The van der Waals surface area contributed by atoms with E-state index in [4.69, 9.17) is 9.15 Å². The molecule has 3 aromatic rings. The molecule has 0 aliphatic carbocycles. The van der Waals surface area contributed by atoms with Crippen LogP contribution < -0.4 is 5.32 Å². The van der Waals surface area contributed by atoms with Gasteiger partial charge in [0.1, 0.15) is 11.8 Å². The second-order valence-corrected chi connectivity index (χ2v) is 6.40. The molecule has 6 nitrogen and oxygen atoms in total. The molecule has 1 amide bonds. The van der Waals surface area contributed by atoms with Crippen molar-refractivity contribution in [2.75, 3.05) is 7.11 Å². The Morgan fingerprint density at radius 1 is 1.31 bits per heavy atom. The third kappa shape index (κ3) is 4.23. The minimum atomic E-state index is -0.792. The van der Waals surface area contributed by atoms with E-state index in [0.717, 1.165) is 16.5 Å². The largest absolute Gasteiger partial charge is 0.467 e. The first-order valence-electron chi connectivity index (χ1n) is 7.93. The lowest BCUT2D eigenvalue weighted by Crippen LogP contribution is -2.42. The topological polar surface area (TPSA) is 84.3 Å². The maximum absolute atomic E-state index is 12.2. The van der Waals surface area contributed by atoms with Crippen LogP contribution in [0.4, 0.5) is 0 Å². The zero-order valence-electron chi connectivity index (χ0n) is 14.0. The second kappa shape index (κ2) is 8.05. The molecule has 0 spiro atoms. The highest BCUT2D eigenvalue weighted by molar-refractivity contribution is 9.10. The van der Waals surface area contributed by atoms with Crippen molar-refractivity contribution in [3.8, 4) is 0 Å². The summed E-state index contributed by atoms with van der Waals surface area (Å²) in [6.45, 7) is 0. The highest BCUT2D eigenvalue weighted by Gasteiger charge is 2.22. The molecule has 2 N–H and O–H groups in total. The first kappa shape index (κ1) is 18.0. The molecule has 26 heavy (non-hydrogen) atoms. The number of aromatic amines is 1. The fourth-order valence-corrected chi connectivity index (χ4v) is 2.97. The Balaban J connectivity index is 1.72. The van der Waals surface area contributed by atoms with Crippen LogP contribution in [-0.4, -0.2) is 30.0 Å². The van der Waals surface area contributed by atoms with Gasteiger partial charge in [0.2, 0.25) is 5.91 Å². The van der Waals surface area contributed by atoms with Crippen LogP contribution in [0.2, 0.25) is 0 Å². The number of fused-ring (bicyclic) bond motifs is 1. The van der Waals surface area contributed by atoms with Gasteiger partial charge in [0.15, 0.2) is 4.67 Å². The summed E-state index contributed by atoms with van der Waals surface area (Å²) in [6.07, 6.45) is 5.00. The van der Waals surface area contributed by atoms with Crippen molar-refractivity contribution in [2.45, 2.75) is 12.5 Å². The van der Waals surface area contributed by atoms with Crippen LogP contribution in [0.5, 0.6) is 0 Å². The number of hydrogen-bond donors (Lipinski definition) is 2. The molecule has 134 valence electrons. The van der Waals surface area contributed by atoms with Crippen molar-refractivity contribution >= 4 is 44.8 Å². The Morgan fingerprint density at radius 2 is 2.12 bits per heavy atom. The van der Waals surface area contributed by atoms with Gasteiger partial charge in [-0.1, -0.05) is 18.2 Å². The lowest BCUT2D eigenvalue weighted by atomic mass is 10.0. The van der Waals surface area contributed by atoms with Crippen molar-refractivity contribution in [3.05, 3.63) is 64.7 Å². The van der Waals surface area contributed by atoms with Crippen LogP contribution in [0.3, 0.4) is 0 Å². The Kier molecular flexibility index (Phi) is 5.58. The molecule has 2 aromatic heterocycles. The first-order chi connectivity index (χ1) is 12.6. The van der Waals surface area contributed by atoms with Crippen LogP contribution in [0.15, 0.2) is 57.8 Å². The van der Waals surface area contributed by atoms with Gasteiger partial charge in [-0.05, 0) is 45.8 Å². The number of carbonyl (C=O) groups is 2. The normalized spacial score (nSPS) is 12.4. The Labute approximate surface area is 158 Å². The fourth-order valence-electron chi connectivity index (χ4n) is 2.65. The second-order valence-electron chi connectivity index (χ2n) is 5.62. The number of H-pyrrole nitrogens is 1. The molecule has 0 fully saturated rings. The highest BCUT2D eigenvalue weighted by Crippen LogP contribution is 2.19.